The minimum absolute atomic E-state index is 0. The van der Waals surface area contributed by atoms with Crippen LogP contribution in [0.2, 0.25) is 0 Å². The average Bonchev–Trinajstić information content (AvgIpc) is 2.56. The topological polar surface area (TPSA) is 64.1 Å². The number of hydrogen-bond acceptors (Lipinski definition) is 4. The first-order valence-electron chi connectivity index (χ1n) is 8.79. The van der Waals surface area contributed by atoms with Crippen LogP contribution < -0.4 is 0 Å². The summed E-state index contributed by atoms with van der Waals surface area (Å²) in [5, 5.41) is 8.88. The highest BCUT2D eigenvalue weighted by atomic mass is 35.5. The van der Waals surface area contributed by atoms with Crippen molar-refractivity contribution in [1.82, 2.24) is 14.7 Å². The number of rotatable bonds is 7. The van der Waals surface area contributed by atoms with E-state index in [4.69, 9.17) is 5.11 Å². The molecule has 1 heterocycles. The molecule has 1 saturated heterocycles. The van der Waals surface area contributed by atoms with Crippen LogP contribution in [0.15, 0.2) is 24.3 Å². The van der Waals surface area contributed by atoms with E-state index in [9.17, 15) is 9.59 Å². The molecule has 0 spiro atoms. The summed E-state index contributed by atoms with van der Waals surface area (Å²) in [6.45, 7) is 4.85. The van der Waals surface area contributed by atoms with Crippen molar-refractivity contribution in [2.45, 2.75) is 32.4 Å². The van der Waals surface area contributed by atoms with Gasteiger partial charge in [0.25, 0.3) is 0 Å². The van der Waals surface area contributed by atoms with Crippen LogP contribution in [0.1, 0.15) is 24.0 Å². The fourth-order valence-electron chi connectivity index (χ4n) is 3.30. The van der Waals surface area contributed by atoms with E-state index in [1.165, 1.54) is 11.1 Å². The molecule has 0 saturated carbocycles. The summed E-state index contributed by atoms with van der Waals surface area (Å²) in [5.41, 5.74) is 2.37. The van der Waals surface area contributed by atoms with Gasteiger partial charge in [-0.05, 0) is 37.9 Å². The first-order chi connectivity index (χ1) is 11.9. The van der Waals surface area contributed by atoms with Gasteiger partial charge in [0.1, 0.15) is 0 Å². The van der Waals surface area contributed by atoms with Gasteiger partial charge in [0, 0.05) is 32.7 Å². The average molecular weight is 384 g/mol. The van der Waals surface area contributed by atoms with Crippen LogP contribution in [0.25, 0.3) is 0 Å². The Labute approximate surface area is 162 Å². The Morgan fingerprint density at radius 1 is 1.19 bits per heavy atom. The van der Waals surface area contributed by atoms with E-state index in [2.05, 4.69) is 24.0 Å². The van der Waals surface area contributed by atoms with Gasteiger partial charge in [-0.1, -0.05) is 24.3 Å². The normalized spacial score (nSPS) is 15.5. The molecular weight excluding hydrogens is 354 g/mol. The molecule has 1 aliphatic rings. The fraction of sp³-hybridized carbons (Fsp3) is 0.579. The van der Waals surface area contributed by atoms with Gasteiger partial charge in [-0.15, -0.1) is 12.4 Å². The maximum absolute atomic E-state index is 12.5. The number of carboxylic acid groups (broad SMARTS) is 1. The van der Waals surface area contributed by atoms with Gasteiger partial charge in [-0.25, -0.2) is 0 Å². The van der Waals surface area contributed by atoms with E-state index >= 15 is 0 Å². The molecule has 1 aliphatic heterocycles. The molecule has 0 aliphatic carbocycles. The molecule has 2 rings (SSSR count). The molecule has 1 aromatic carbocycles. The third-order valence-electron chi connectivity index (χ3n) is 5.02. The second-order valence-corrected chi connectivity index (χ2v) is 6.99. The van der Waals surface area contributed by atoms with Crippen LogP contribution in [0.4, 0.5) is 0 Å². The van der Waals surface area contributed by atoms with E-state index in [0.717, 1.165) is 25.9 Å². The molecule has 7 heteroatoms. The van der Waals surface area contributed by atoms with Gasteiger partial charge < -0.3 is 10.0 Å². The van der Waals surface area contributed by atoms with Crippen molar-refractivity contribution in [2.75, 3.05) is 40.3 Å². The molecule has 0 bridgehead atoms. The summed E-state index contributed by atoms with van der Waals surface area (Å²) in [6.07, 6.45) is 1.80. The third kappa shape index (κ3) is 6.59. The lowest BCUT2D eigenvalue weighted by Gasteiger charge is -2.36. The minimum atomic E-state index is -0.794. The summed E-state index contributed by atoms with van der Waals surface area (Å²) in [6, 6.07) is 8.41. The zero-order valence-corrected chi connectivity index (χ0v) is 16.7. The fourth-order valence-corrected chi connectivity index (χ4v) is 3.30. The molecule has 0 atom stereocenters. The highest BCUT2D eigenvalue weighted by molar-refractivity contribution is 5.85. The van der Waals surface area contributed by atoms with Crippen molar-refractivity contribution in [3.8, 4) is 0 Å². The number of benzene rings is 1. The molecule has 1 aromatic rings. The second-order valence-electron chi connectivity index (χ2n) is 6.99. The quantitative estimate of drug-likeness (QED) is 0.778. The number of carbonyl (C=O) groups excluding carboxylic acids is 1. The molecule has 1 fully saturated rings. The minimum Gasteiger partial charge on any atom is -0.480 e. The summed E-state index contributed by atoms with van der Waals surface area (Å²) in [5.74, 6) is -0.668. The van der Waals surface area contributed by atoms with Gasteiger partial charge in [-0.2, -0.15) is 0 Å². The highest BCUT2D eigenvalue weighted by Crippen LogP contribution is 2.16. The number of carboxylic acids is 1. The Morgan fingerprint density at radius 2 is 1.81 bits per heavy atom. The molecule has 0 unspecified atom stereocenters. The largest absolute Gasteiger partial charge is 0.480 e. The van der Waals surface area contributed by atoms with Crippen molar-refractivity contribution in [3.63, 3.8) is 0 Å². The second kappa shape index (κ2) is 10.5. The van der Waals surface area contributed by atoms with E-state index in [0.29, 0.717) is 13.1 Å². The number of aryl methyl sites for hydroxylation is 1. The number of likely N-dealkylation sites (N-methyl/N-ethyl adjacent to an activating group) is 2. The Kier molecular flexibility index (Phi) is 9.05. The number of aliphatic carboxylic acids is 1. The van der Waals surface area contributed by atoms with Crippen LogP contribution in [0, 0.1) is 6.92 Å². The summed E-state index contributed by atoms with van der Waals surface area (Å²) < 4.78 is 0. The molecule has 1 amide bonds. The number of piperidine rings is 1. The molecule has 1 N–H and O–H groups in total. The summed E-state index contributed by atoms with van der Waals surface area (Å²) in [4.78, 5) is 29.1. The maximum atomic E-state index is 12.5. The van der Waals surface area contributed by atoms with Crippen molar-refractivity contribution in [2.24, 2.45) is 0 Å². The standard InChI is InChI=1S/C19H29N3O3.ClH/c1-15-6-4-5-7-16(15)12-21(3)18(23)13-22-10-8-17(9-11-22)20(2)14-19(24)25;/h4-7,17H,8-14H2,1-3H3,(H,24,25);1H. The zero-order chi connectivity index (χ0) is 18.4. The third-order valence-corrected chi connectivity index (χ3v) is 5.02. The van der Waals surface area contributed by atoms with Crippen LogP contribution in [0.3, 0.4) is 0 Å². The molecular formula is C19H30ClN3O3. The van der Waals surface area contributed by atoms with E-state index in [-0.39, 0.29) is 30.9 Å². The Bertz CT molecular complexity index is 603. The number of nitrogens with zero attached hydrogens (tertiary/aromatic N) is 3. The lowest BCUT2D eigenvalue weighted by Crippen LogP contribution is -2.47. The first kappa shape index (κ1) is 22.4. The van der Waals surface area contributed by atoms with Crippen LogP contribution in [-0.4, -0.2) is 78.0 Å². The highest BCUT2D eigenvalue weighted by Gasteiger charge is 2.25. The lowest BCUT2D eigenvalue weighted by atomic mass is 10.0. The van der Waals surface area contributed by atoms with E-state index < -0.39 is 5.97 Å². The van der Waals surface area contributed by atoms with Gasteiger partial charge in [0.05, 0.1) is 13.1 Å². The van der Waals surface area contributed by atoms with Gasteiger partial charge >= 0.3 is 5.97 Å². The monoisotopic (exact) mass is 383 g/mol. The zero-order valence-electron chi connectivity index (χ0n) is 15.9. The van der Waals surface area contributed by atoms with Crippen molar-refractivity contribution < 1.29 is 14.7 Å². The van der Waals surface area contributed by atoms with Crippen LogP contribution >= 0.6 is 12.4 Å². The number of halogens is 1. The van der Waals surface area contributed by atoms with Crippen LogP contribution in [0.5, 0.6) is 0 Å². The SMILES string of the molecule is Cc1ccccc1CN(C)C(=O)CN1CCC(N(C)CC(=O)O)CC1.Cl. The molecule has 26 heavy (non-hydrogen) atoms. The number of hydrogen-bond donors (Lipinski definition) is 1. The first-order valence-corrected chi connectivity index (χ1v) is 8.79. The van der Waals surface area contributed by atoms with Crippen LogP contribution in [-0.2, 0) is 16.1 Å². The van der Waals surface area contributed by atoms with Crippen molar-refractivity contribution >= 4 is 24.3 Å². The smallest absolute Gasteiger partial charge is 0.317 e. The van der Waals surface area contributed by atoms with E-state index in [1.54, 1.807) is 4.90 Å². The molecule has 146 valence electrons. The van der Waals surface area contributed by atoms with Gasteiger partial charge in [-0.3, -0.25) is 19.4 Å². The molecule has 0 radical (unpaired) electrons. The Hall–Kier alpha value is -1.63. The lowest BCUT2D eigenvalue weighted by molar-refractivity contribution is -0.138. The Balaban J connectivity index is 0.00000338. The number of carbonyl (C=O) groups is 2. The summed E-state index contributed by atoms with van der Waals surface area (Å²) >= 11 is 0. The van der Waals surface area contributed by atoms with E-state index in [1.807, 2.05) is 31.1 Å². The maximum Gasteiger partial charge on any atom is 0.317 e. The Morgan fingerprint density at radius 3 is 2.38 bits per heavy atom. The summed E-state index contributed by atoms with van der Waals surface area (Å²) in [7, 11) is 3.71. The number of likely N-dealkylation sites (tertiary alicyclic amines) is 1. The molecule has 6 nitrogen and oxygen atoms in total. The van der Waals surface area contributed by atoms with Crippen molar-refractivity contribution in [3.05, 3.63) is 35.4 Å². The van der Waals surface area contributed by atoms with Gasteiger partial charge in [0.2, 0.25) is 5.91 Å². The predicted octanol–water partition coefficient (Wildman–Crippen LogP) is 1.86. The van der Waals surface area contributed by atoms with Gasteiger partial charge in [0.15, 0.2) is 0 Å². The number of amides is 1. The van der Waals surface area contributed by atoms with Crippen molar-refractivity contribution in [1.29, 1.82) is 0 Å². The molecule has 0 aromatic heterocycles. The predicted molar refractivity (Wildman–Crippen MR) is 105 cm³/mol.